The predicted octanol–water partition coefficient (Wildman–Crippen LogP) is 3.70. The molecule has 3 N–H and O–H groups in total. The molecule has 0 saturated carbocycles. The Morgan fingerprint density at radius 3 is 2.29 bits per heavy atom. The highest BCUT2D eigenvalue weighted by atomic mass is 14.9. The van der Waals surface area contributed by atoms with Crippen molar-refractivity contribution in [2.45, 2.75) is 78.2 Å². The first kappa shape index (κ1) is 16.9. The van der Waals surface area contributed by atoms with Gasteiger partial charge in [-0.25, -0.2) is 0 Å². The van der Waals surface area contributed by atoms with Crippen molar-refractivity contribution in [3.63, 3.8) is 0 Å². The average molecular weight is 242 g/mol. The van der Waals surface area contributed by atoms with Gasteiger partial charge in [0.25, 0.3) is 0 Å². The van der Waals surface area contributed by atoms with E-state index < -0.39 is 0 Å². The Kier molecular flexibility index (Phi) is 12.3. The van der Waals surface area contributed by atoms with Crippen LogP contribution in [0.25, 0.3) is 0 Å². The molecule has 0 aliphatic heterocycles. The molecule has 2 unspecified atom stereocenters. The molecule has 0 aromatic carbocycles. The van der Waals surface area contributed by atoms with E-state index in [-0.39, 0.29) is 0 Å². The molecule has 2 atom stereocenters. The molecule has 2 heteroatoms. The van der Waals surface area contributed by atoms with Gasteiger partial charge in [-0.2, -0.15) is 0 Å². The first-order chi connectivity index (χ1) is 8.24. The van der Waals surface area contributed by atoms with Crippen LogP contribution < -0.4 is 11.1 Å². The summed E-state index contributed by atoms with van der Waals surface area (Å²) in [6.45, 7) is 8.86. The van der Waals surface area contributed by atoms with Gasteiger partial charge in [-0.1, -0.05) is 39.5 Å². The molecule has 0 heterocycles. The third-order valence-electron chi connectivity index (χ3n) is 3.54. The number of nitrogens with one attached hydrogen (secondary N) is 1. The Labute approximate surface area is 109 Å². The largest absolute Gasteiger partial charge is 0.330 e. The summed E-state index contributed by atoms with van der Waals surface area (Å²) >= 11 is 0. The second kappa shape index (κ2) is 12.4. The zero-order valence-corrected chi connectivity index (χ0v) is 12.3. The summed E-state index contributed by atoms with van der Waals surface area (Å²) in [7, 11) is 0. The van der Waals surface area contributed by atoms with Crippen LogP contribution in [0.15, 0.2) is 0 Å². The van der Waals surface area contributed by atoms with E-state index in [4.69, 9.17) is 5.73 Å². The zero-order chi connectivity index (χ0) is 12.9. The molecule has 0 saturated heterocycles. The molecular formula is C15H34N2. The number of unbranched alkanes of at least 4 members (excludes halogenated alkanes) is 1. The van der Waals surface area contributed by atoms with Gasteiger partial charge in [0.1, 0.15) is 0 Å². The minimum Gasteiger partial charge on any atom is -0.330 e. The van der Waals surface area contributed by atoms with Crippen molar-refractivity contribution in [1.29, 1.82) is 0 Å². The third kappa shape index (κ3) is 10.8. The number of rotatable bonds is 12. The van der Waals surface area contributed by atoms with Gasteiger partial charge in [0.2, 0.25) is 0 Å². The maximum Gasteiger partial charge on any atom is 0.00387 e. The van der Waals surface area contributed by atoms with E-state index in [0.29, 0.717) is 6.04 Å². The van der Waals surface area contributed by atoms with Gasteiger partial charge in [0, 0.05) is 6.04 Å². The first-order valence-corrected chi connectivity index (χ1v) is 7.68. The number of hydrogen-bond donors (Lipinski definition) is 2. The number of hydrogen-bond acceptors (Lipinski definition) is 2. The highest BCUT2D eigenvalue weighted by Gasteiger charge is 2.06. The van der Waals surface area contributed by atoms with Crippen molar-refractivity contribution in [3.05, 3.63) is 0 Å². The van der Waals surface area contributed by atoms with E-state index in [2.05, 4.69) is 26.1 Å². The summed E-state index contributed by atoms with van der Waals surface area (Å²) in [6, 6.07) is 0.689. The van der Waals surface area contributed by atoms with Crippen LogP contribution in [0.1, 0.15) is 72.1 Å². The SMILES string of the molecule is CCCCC(C)NCCCC(CCC)CCN. The maximum atomic E-state index is 5.65. The zero-order valence-electron chi connectivity index (χ0n) is 12.3. The molecule has 2 nitrogen and oxygen atoms in total. The lowest BCUT2D eigenvalue weighted by Crippen LogP contribution is -2.27. The van der Waals surface area contributed by atoms with Gasteiger partial charge < -0.3 is 11.1 Å². The summed E-state index contributed by atoms with van der Waals surface area (Å²) in [5.41, 5.74) is 5.65. The second-order valence-electron chi connectivity index (χ2n) is 5.37. The highest BCUT2D eigenvalue weighted by Crippen LogP contribution is 2.16. The molecule has 0 aliphatic rings. The van der Waals surface area contributed by atoms with E-state index >= 15 is 0 Å². The summed E-state index contributed by atoms with van der Waals surface area (Å²) < 4.78 is 0. The fourth-order valence-electron chi connectivity index (χ4n) is 2.43. The molecule has 0 spiro atoms. The fourth-order valence-corrected chi connectivity index (χ4v) is 2.43. The molecule has 0 amide bonds. The fraction of sp³-hybridized carbons (Fsp3) is 1.00. The third-order valence-corrected chi connectivity index (χ3v) is 3.54. The Morgan fingerprint density at radius 2 is 1.71 bits per heavy atom. The smallest absolute Gasteiger partial charge is 0.00387 e. The molecule has 0 fully saturated rings. The molecule has 0 radical (unpaired) electrons. The summed E-state index contributed by atoms with van der Waals surface area (Å²) in [4.78, 5) is 0. The van der Waals surface area contributed by atoms with Crippen molar-refractivity contribution in [1.82, 2.24) is 5.32 Å². The normalized spacial score (nSPS) is 14.8. The molecule has 17 heavy (non-hydrogen) atoms. The van der Waals surface area contributed by atoms with Crippen LogP contribution in [0.2, 0.25) is 0 Å². The summed E-state index contributed by atoms with van der Waals surface area (Å²) in [5.74, 6) is 0.859. The van der Waals surface area contributed by atoms with Crippen LogP contribution in [-0.4, -0.2) is 19.1 Å². The van der Waals surface area contributed by atoms with Crippen LogP contribution in [0.4, 0.5) is 0 Å². The van der Waals surface area contributed by atoms with E-state index in [9.17, 15) is 0 Å². The molecular weight excluding hydrogens is 208 g/mol. The van der Waals surface area contributed by atoms with Crippen molar-refractivity contribution < 1.29 is 0 Å². The predicted molar refractivity (Wildman–Crippen MR) is 78.3 cm³/mol. The van der Waals surface area contributed by atoms with Crippen LogP contribution in [0, 0.1) is 5.92 Å². The lowest BCUT2D eigenvalue weighted by molar-refractivity contribution is 0.393. The van der Waals surface area contributed by atoms with Crippen LogP contribution in [-0.2, 0) is 0 Å². The Balaban J connectivity index is 3.46. The Bertz CT molecular complexity index is 142. The maximum absolute atomic E-state index is 5.65. The van der Waals surface area contributed by atoms with Gasteiger partial charge in [0.15, 0.2) is 0 Å². The molecule has 104 valence electrons. The van der Waals surface area contributed by atoms with Gasteiger partial charge in [0.05, 0.1) is 0 Å². The van der Waals surface area contributed by atoms with E-state index in [1.54, 1.807) is 0 Å². The lowest BCUT2D eigenvalue weighted by Gasteiger charge is -2.17. The van der Waals surface area contributed by atoms with Crippen molar-refractivity contribution in [2.75, 3.05) is 13.1 Å². The molecule has 0 aliphatic carbocycles. The second-order valence-corrected chi connectivity index (χ2v) is 5.37. The van der Waals surface area contributed by atoms with Crippen molar-refractivity contribution in [2.24, 2.45) is 11.7 Å². The monoisotopic (exact) mass is 242 g/mol. The lowest BCUT2D eigenvalue weighted by atomic mass is 9.94. The topological polar surface area (TPSA) is 38.0 Å². The van der Waals surface area contributed by atoms with E-state index in [1.165, 1.54) is 57.9 Å². The highest BCUT2D eigenvalue weighted by molar-refractivity contribution is 4.64. The summed E-state index contributed by atoms with van der Waals surface area (Å²) in [6.07, 6.45) is 10.5. The molecule has 0 rings (SSSR count). The average Bonchev–Trinajstić information content (AvgIpc) is 2.32. The quantitative estimate of drug-likeness (QED) is 0.512. The van der Waals surface area contributed by atoms with Crippen molar-refractivity contribution >= 4 is 0 Å². The van der Waals surface area contributed by atoms with E-state index in [0.717, 1.165) is 12.5 Å². The molecule has 0 bridgehead atoms. The van der Waals surface area contributed by atoms with Gasteiger partial charge >= 0.3 is 0 Å². The van der Waals surface area contributed by atoms with Gasteiger partial charge in [-0.3, -0.25) is 0 Å². The Morgan fingerprint density at radius 1 is 0.941 bits per heavy atom. The van der Waals surface area contributed by atoms with Crippen LogP contribution >= 0.6 is 0 Å². The van der Waals surface area contributed by atoms with Gasteiger partial charge in [-0.15, -0.1) is 0 Å². The number of nitrogens with two attached hydrogens (primary N) is 1. The van der Waals surface area contributed by atoms with Gasteiger partial charge in [-0.05, 0) is 51.6 Å². The first-order valence-electron chi connectivity index (χ1n) is 7.68. The Hall–Kier alpha value is -0.0800. The van der Waals surface area contributed by atoms with E-state index in [1.807, 2.05) is 0 Å². The minimum absolute atomic E-state index is 0.689. The molecule has 0 aromatic heterocycles. The van der Waals surface area contributed by atoms with Crippen LogP contribution in [0.3, 0.4) is 0 Å². The van der Waals surface area contributed by atoms with Crippen LogP contribution in [0.5, 0.6) is 0 Å². The van der Waals surface area contributed by atoms with Crippen molar-refractivity contribution in [3.8, 4) is 0 Å². The summed E-state index contributed by atoms with van der Waals surface area (Å²) in [5, 5.41) is 3.63. The minimum atomic E-state index is 0.689. The standard InChI is InChI=1S/C15H34N2/c1-4-6-9-14(3)17-13-7-10-15(8-5-2)11-12-16/h14-15,17H,4-13,16H2,1-3H3. The molecule has 0 aromatic rings.